The number of nitrogens with zero attached hydrogens (tertiary/aromatic N) is 6. The number of rotatable bonds is 2. The third-order valence-electron chi connectivity index (χ3n) is 5.06. The predicted molar refractivity (Wildman–Crippen MR) is 100 cm³/mol. The summed E-state index contributed by atoms with van der Waals surface area (Å²) in [5.41, 5.74) is 0.642. The van der Waals surface area contributed by atoms with Gasteiger partial charge < -0.3 is 4.90 Å². The lowest BCUT2D eigenvalue weighted by molar-refractivity contribution is 0.0708. The van der Waals surface area contributed by atoms with Gasteiger partial charge in [-0.1, -0.05) is 6.07 Å². The van der Waals surface area contributed by atoms with Gasteiger partial charge in [0.1, 0.15) is 11.4 Å². The zero-order valence-electron chi connectivity index (χ0n) is 14.4. The molecule has 1 aliphatic rings. The minimum absolute atomic E-state index is 0.122. The number of thiazole rings is 1. The molecule has 4 aromatic rings. The Hall–Kier alpha value is -3.07. The number of pyridine rings is 1. The third-order valence-corrected chi connectivity index (χ3v) is 5.83. The summed E-state index contributed by atoms with van der Waals surface area (Å²) in [4.78, 5) is 31.9. The Morgan fingerprint density at radius 1 is 1.11 bits per heavy atom. The van der Waals surface area contributed by atoms with Crippen LogP contribution in [0.4, 0.5) is 0 Å². The highest BCUT2D eigenvalue weighted by atomic mass is 32.1. The van der Waals surface area contributed by atoms with Gasteiger partial charge in [0.05, 0.1) is 0 Å². The number of carbonyl (C=O) groups excluding carboxylic acids is 1. The molecule has 1 fully saturated rings. The van der Waals surface area contributed by atoms with Crippen LogP contribution in [0.1, 0.15) is 34.9 Å². The van der Waals surface area contributed by atoms with E-state index in [1.54, 1.807) is 16.5 Å². The van der Waals surface area contributed by atoms with Crippen molar-refractivity contribution in [2.75, 3.05) is 13.1 Å². The van der Waals surface area contributed by atoms with Gasteiger partial charge in [-0.05, 0) is 25.0 Å². The summed E-state index contributed by atoms with van der Waals surface area (Å²) in [5.74, 6) is 0.918. The number of fused-ring (bicyclic) bond motifs is 2. The largest absolute Gasteiger partial charge is 0.338 e. The Bertz CT molecular complexity index is 1200. The Kier molecular flexibility index (Phi) is 3.75. The average molecular weight is 380 g/mol. The maximum atomic E-state index is 12.8. The minimum atomic E-state index is -0.308. The average Bonchev–Trinajstić information content (AvgIpc) is 3.35. The van der Waals surface area contributed by atoms with Crippen molar-refractivity contribution in [3.63, 3.8) is 0 Å². The summed E-state index contributed by atoms with van der Waals surface area (Å²) in [7, 11) is 0. The van der Waals surface area contributed by atoms with E-state index >= 15 is 0 Å². The van der Waals surface area contributed by atoms with Gasteiger partial charge in [0.15, 0.2) is 10.6 Å². The number of likely N-dealkylation sites (tertiary alicyclic amines) is 1. The molecule has 0 aliphatic carbocycles. The van der Waals surface area contributed by atoms with Crippen molar-refractivity contribution in [3.05, 3.63) is 63.9 Å². The summed E-state index contributed by atoms with van der Waals surface area (Å²) in [6, 6.07) is 5.82. The lowest BCUT2D eigenvalue weighted by atomic mass is 9.95. The number of hydrogen-bond donors (Lipinski definition) is 0. The molecule has 136 valence electrons. The lowest BCUT2D eigenvalue weighted by Gasteiger charge is -2.31. The van der Waals surface area contributed by atoms with Crippen LogP contribution < -0.4 is 5.56 Å². The molecule has 0 saturated carbocycles. The molecule has 1 aliphatic heterocycles. The summed E-state index contributed by atoms with van der Waals surface area (Å²) in [6.07, 6.45) is 6.59. The number of hydrogen-bond acceptors (Lipinski definition) is 6. The molecule has 0 N–H and O–H groups in total. The zero-order chi connectivity index (χ0) is 18.4. The van der Waals surface area contributed by atoms with Gasteiger partial charge in [0, 0.05) is 43.0 Å². The molecule has 0 unspecified atom stereocenters. The molecule has 0 atom stereocenters. The second-order valence-corrected chi connectivity index (χ2v) is 7.46. The van der Waals surface area contributed by atoms with Gasteiger partial charge in [-0.3, -0.25) is 18.4 Å². The van der Waals surface area contributed by atoms with E-state index in [1.165, 1.54) is 21.9 Å². The summed E-state index contributed by atoms with van der Waals surface area (Å²) >= 11 is 1.37. The second-order valence-electron chi connectivity index (χ2n) is 6.59. The summed E-state index contributed by atoms with van der Waals surface area (Å²) < 4.78 is 3.43. The van der Waals surface area contributed by atoms with Gasteiger partial charge in [-0.15, -0.1) is 21.5 Å². The van der Waals surface area contributed by atoms with E-state index in [2.05, 4.69) is 15.2 Å². The van der Waals surface area contributed by atoms with Gasteiger partial charge in [-0.2, -0.15) is 0 Å². The Balaban J connectivity index is 1.36. The first-order chi connectivity index (χ1) is 13.2. The monoisotopic (exact) mass is 380 g/mol. The number of carbonyl (C=O) groups is 1. The molecule has 27 heavy (non-hydrogen) atoms. The topological polar surface area (TPSA) is 84.9 Å². The fourth-order valence-electron chi connectivity index (χ4n) is 3.62. The van der Waals surface area contributed by atoms with Crippen molar-refractivity contribution in [1.82, 2.24) is 28.9 Å². The van der Waals surface area contributed by atoms with Crippen LogP contribution >= 0.6 is 11.3 Å². The Labute approximate surface area is 157 Å². The zero-order valence-corrected chi connectivity index (χ0v) is 15.2. The summed E-state index contributed by atoms with van der Waals surface area (Å²) in [5, 5.41) is 10.3. The van der Waals surface area contributed by atoms with Gasteiger partial charge in [0.2, 0.25) is 0 Å². The molecule has 5 heterocycles. The maximum absolute atomic E-state index is 12.8. The molecular weight excluding hydrogens is 364 g/mol. The Morgan fingerprint density at radius 3 is 2.81 bits per heavy atom. The van der Waals surface area contributed by atoms with E-state index in [0.717, 1.165) is 24.3 Å². The Morgan fingerprint density at radius 2 is 1.96 bits per heavy atom. The van der Waals surface area contributed by atoms with Gasteiger partial charge in [0.25, 0.3) is 11.5 Å². The highest BCUT2D eigenvalue weighted by molar-refractivity contribution is 7.15. The van der Waals surface area contributed by atoms with Crippen molar-refractivity contribution in [2.24, 2.45) is 0 Å². The highest BCUT2D eigenvalue weighted by Crippen LogP contribution is 2.27. The molecule has 0 spiro atoms. The first kappa shape index (κ1) is 16.1. The van der Waals surface area contributed by atoms with Crippen LogP contribution in [0.2, 0.25) is 0 Å². The van der Waals surface area contributed by atoms with Gasteiger partial charge >= 0.3 is 0 Å². The van der Waals surface area contributed by atoms with E-state index in [4.69, 9.17) is 0 Å². The maximum Gasteiger partial charge on any atom is 0.271 e. The molecular formula is C18H16N6O2S. The SMILES string of the molecule is O=C(c1cnc2sccn2c1=O)N1CCC(c2nnc3ccccn23)CC1. The van der Waals surface area contributed by atoms with Crippen LogP contribution in [-0.4, -0.2) is 47.9 Å². The molecule has 4 aromatic heterocycles. The van der Waals surface area contributed by atoms with E-state index in [1.807, 2.05) is 28.8 Å². The van der Waals surface area contributed by atoms with Crippen LogP contribution in [0.3, 0.4) is 0 Å². The second kappa shape index (κ2) is 6.27. The number of amides is 1. The van der Waals surface area contributed by atoms with Crippen molar-refractivity contribution < 1.29 is 4.79 Å². The fraction of sp³-hybridized carbons (Fsp3) is 0.278. The molecule has 1 amide bonds. The van der Waals surface area contributed by atoms with Crippen LogP contribution in [0.25, 0.3) is 10.6 Å². The molecule has 8 nitrogen and oxygen atoms in total. The standard InChI is InChI=1S/C18H16N6O2S/c25-16(13-11-19-18-24(17(13)26)9-10-27-18)22-7-4-12(5-8-22)15-21-20-14-3-1-2-6-23(14)15/h1-3,6,9-12H,4-5,7-8H2. The molecule has 0 bridgehead atoms. The van der Waals surface area contributed by atoms with E-state index in [-0.39, 0.29) is 22.9 Å². The van der Waals surface area contributed by atoms with E-state index < -0.39 is 0 Å². The normalized spacial score (nSPS) is 15.6. The first-order valence-corrected chi connectivity index (χ1v) is 9.64. The highest BCUT2D eigenvalue weighted by Gasteiger charge is 2.28. The molecule has 5 rings (SSSR count). The molecule has 0 aromatic carbocycles. The lowest BCUT2D eigenvalue weighted by Crippen LogP contribution is -2.40. The fourth-order valence-corrected chi connectivity index (χ4v) is 4.30. The minimum Gasteiger partial charge on any atom is -0.338 e. The van der Waals surface area contributed by atoms with E-state index in [9.17, 15) is 9.59 Å². The van der Waals surface area contributed by atoms with Crippen LogP contribution in [-0.2, 0) is 0 Å². The van der Waals surface area contributed by atoms with E-state index in [0.29, 0.717) is 18.1 Å². The molecule has 0 radical (unpaired) electrons. The van der Waals surface area contributed by atoms with Crippen molar-refractivity contribution >= 4 is 27.9 Å². The smallest absolute Gasteiger partial charge is 0.271 e. The third kappa shape index (κ3) is 2.62. The first-order valence-electron chi connectivity index (χ1n) is 8.76. The van der Waals surface area contributed by atoms with Crippen molar-refractivity contribution in [2.45, 2.75) is 18.8 Å². The summed E-state index contributed by atoms with van der Waals surface area (Å²) in [6.45, 7) is 1.16. The predicted octanol–water partition coefficient (Wildman–Crippen LogP) is 1.82. The van der Waals surface area contributed by atoms with Crippen LogP contribution in [0.5, 0.6) is 0 Å². The van der Waals surface area contributed by atoms with Crippen LogP contribution in [0, 0.1) is 0 Å². The quantitative estimate of drug-likeness (QED) is 0.530. The number of aromatic nitrogens is 5. The number of piperidine rings is 1. The van der Waals surface area contributed by atoms with Crippen molar-refractivity contribution in [1.29, 1.82) is 0 Å². The van der Waals surface area contributed by atoms with Crippen molar-refractivity contribution in [3.8, 4) is 0 Å². The molecule has 9 heteroatoms. The van der Waals surface area contributed by atoms with Crippen LogP contribution in [0.15, 0.2) is 47.0 Å². The molecule has 1 saturated heterocycles. The van der Waals surface area contributed by atoms with Gasteiger partial charge in [-0.25, -0.2) is 4.98 Å².